The normalized spacial score (nSPS) is 19.5. The van der Waals surface area contributed by atoms with Crippen LogP contribution in [0, 0.1) is 17.2 Å². The summed E-state index contributed by atoms with van der Waals surface area (Å²) in [6.07, 6.45) is 2.43. The van der Waals surface area contributed by atoms with Crippen molar-refractivity contribution in [3.63, 3.8) is 0 Å². The highest BCUT2D eigenvalue weighted by molar-refractivity contribution is 6.31. The molecule has 0 radical (unpaired) electrons. The first-order chi connectivity index (χ1) is 9.10. The number of hydrogen-bond acceptors (Lipinski definition) is 4. The first kappa shape index (κ1) is 14.1. The van der Waals surface area contributed by atoms with E-state index in [4.69, 9.17) is 16.9 Å². The van der Waals surface area contributed by atoms with E-state index < -0.39 is 0 Å². The molecule has 1 aromatic rings. The molecule has 0 N–H and O–H groups in total. The lowest BCUT2D eigenvalue weighted by Gasteiger charge is -2.34. The van der Waals surface area contributed by atoms with E-state index in [9.17, 15) is 0 Å². The maximum absolute atomic E-state index is 8.99. The highest BCUT2D eigenvalue weighted by atomic mass is 35.5. The molecule has 1 fully saturated rings. The Morgan fingerprint density at radius 2 is 2.32 bits per heavy atom. The van der Waals surface area contributed by atoms with E-state index in [1.807, 2.05) is 12.1 Å². The van der Waals surface area contributed by atoms with E-state index in [1.54, 1.807) is 6.07 Å². The molecule has 102 valence electrons. The third-order valence-electron chi connectivity index (χ3n) is 3.40. The van der Waals surface area contributed by atoms with E-state index in [2.05, 4.69) is 28.9 Å². The lowest BCUT2D eigenvalue weighted by Crippen LogP contribution is -2.39. The molecule has 1 aliphatic rings. The standard InChI is InChI=1S/C14H19ClN4/c1-18(2)9-11-4-3-7-19(10-11)14-6-5-12(15)13(8-16)17-14/h5-6,11H,3-4,7,9-10H2,1-2H3. The molecule has 0 spiro atoms. The number of pyridine rings is 1. The van der Waals surface area contributed by atoms with Crippen molar-refractivity contribution in [2.24, 2.45) is 5.92 Å². The molecular formula is C14H19ClN4. The quantitative estimate of drug-likeness (QED) is 0.851. The Morgan fingerprint density at radius 3 is 3.00 bits per heavy atom. The largest absolute Gasteiger partial charge is 0.356 e. The second-order valence-corrected chi connectivity index (χ2v) is 5.74. The molecule has 2 heterocycles. The summed E-state index contributed by atoms with van der Waals surface area (Å²) in [5, 5.41) is 9.41. The van der Waals surface area contributed by atoms with Gasteiger partial charge in [-0.15, -0.1) is 0 Å². The van der Waals surface area contributed by atoms with Gasteiger partial charge < -0.3 is 9.80 Å². The molecule has 0 aromatic carbocycles. The number of nitrogens with zero attached hydrogens (tertiary/aromatic N) is 4. The van der Waals surface area contributed by atoms with Crippen molar-refractivity contribution < 1.29 is 0 Å². The van der Waals surface area contributed by atoms with Gasteiger partial charge in [0.05, 0.1) is 5.02 Å². The number of anilines is 1. The molecule has 2 rings (SSSR count). The third kappa shape index (κ3) is 3.59. The van der Waals surface area contributed by atoms with Gasteiger partial charge >= 0.3 is 0 Å². The van der Waals surface area contributed by atoms with Gasteiger partial charge in [0.2, 0.25) is 0 Å². The van der Waals surface area contributed by atoms with Gasteiger partial charge in [0.15, 0.2) is 5.69 Å². The van der Waals surface area contributed by atoms with Crippen molar-refractivity contribution in [2.45, 2.75) is 12.8 Å². The van der Waals surface area contributed by atoms with Crippen molar-refractivity contribution in [1.29, 1.82) is 5.26 Å². The van der Waals surface area contributed by atoms with Gasteiger partial charge in [0, 0.05) is 19.6 Å². The van der Waals surface area contributed by atoms with Crippen LogP contribution in [0.4, 0.5) is 5.82 Å². The Labute approximate surface area is 119 Å². The summed E-state index contributed by atoms with van der Waals surface area (Å²) in [5.74, 6) is 1.52. The van der Waals surface area contributed by atoms with E-state index in [1.165, 1.54) is 12.8 Å². The van der Waals surface area contributed by atoms with Crippen LogP contribution in [0.5, 0.6) is 0 Å². The molecule has 0 bridgehead atoms. The van der Waals surface area contributed by atoms with E-state index >= 15 is 0 Å². The summed E-state index contributed by atoms with van der Waals surface area (Å²) in [6, 6.07) is 5.71. The SMILES string of the molecule is CN(C)CC1CCCN(c2ccc(Cl)c(C#N)n2)C1. The van der Waals surface area contributed by atoms with Gasteiger partial charge in [0.1, 0.15) is 11.9 Å². The van der Waals surface area contributed by atoms with E-state index in [-0.39, 0.29) is 0 Å². The maximum Gasteiger partial charge on any atom is 0.161 e. The van der Waals surface area contributed by atoms with Crippen LogP contribution in [0.2, 0.25) is 5.02 Å². The average Bonchev–Trinajstić information content (AvgIpc) is 2.39. The number of hydrogen-bond donors (Lipinski definition) is 0. The third-order valence-corrected chi connectivity index (χ3v) is 3.71. The molecule has 1 aromatic heterocycles. The van der Waals surface area contributed by atoms with Gasteiger partial charge in [-0.1, -0.05) is 11.6 Å². The zero-order valence-electron chi connectivity index (χ0n) is 11.4. The molecule has 1 saturated heterocycles. The van der Waals surface area contributed by atoms with Crippen molar-refractivity contribution >= 4 is 17.4 Å². The van der Waals surface area contributed by atoms with Crippen molar-refractivity contribution in [3.8, 4) is 6.07 Å². The monoisotopic (exact) mass is 278 g/mol. The van der Waals surface area contributed by atoms with Crippen molar-refractivity contribution in [1.82, 2.24) is 9.88 Å². The van der Waals surface area contributed by atoms with Gasteiger partial charge in [-0.2, -0.15) is 5.26 Å². The topological polar surface area (TPSA) is 43.2 Å². The molecule has 4 nitrogen and oxygen atoms in total. The predicted molar refractivity (Wildman–Crippen MR) is 77.5 cm³/mol. The molecule has 1 atom stereocenters. The minimum atomic E-state index is 0.314. The van der Waals surface area contributed by atoms with Crippen LogP contribution < -0.4 is 4.90 Å². The lowest BCUT2D eigenvalue weighted by atomic mass is 9.97. The summed E-state index contributed by atoms with van der Waals surface area (Å²) in [6.45, 7) is 3.09. The van der Waals surface area contributed by atoms with Crippen LogP contribution >= 0.6 is 11.6 Å². The fourth-order valence-electron chi connectivity index (χ4n) is 2.62. The van der Waals surface area contributed by atoms with Crippen LogP contribution in [-0.2, 0) is 0 Å². The molecule has 0 aliphatic carbocycles. The van der Waals surface area contributed by atoms with Gasteiger partial charge in [-0.25, -0.2) is 4.98 Å². The first-order valence-corrected chi connectivity index (χ1v) is 6.94. The molecule has 5 heteroatoms. The fraction of sp³-hybridized carbons (Fsp3) is 0.571. The second-order valence-electron chi connectivity index (χ2n) is 5.33. The molecule has 1 unspecified atom stereocenters. The minimum absolute atomic E-state index is 0.314. The van der Waals surface area contributed by atoms with Crippen LogP contribution in [0.1, 0.15) is 18.5 Å². The van der Waals surface area contributed by atoms with Gasteiger partial charge in [0.25, 0.3) is 0 Å². The average molecular weight is 279 g/mol. The molecular weight excluding hydrogens is 260 g/mol. The van der Waals surface area contributed by atoms with E-state index in [0.717, 1.165) is 25.5 Å². The highest BCUT2D eigenvalue weighted by Crippen LogP contribution is 2.24. The highest BCUT2D eigenvalue weighted by Gasteiger charge is 2.21. The summed E-state index contributed by atoms with van der Waals surface area (Å²) < 4.78 is 0. The summed E-state index contributed by atoms with van der Waals surface area (Å²) >= 11 is 5.92. The maximum atomic E-state index is 8.99. The Morgan fingerprint density at radius 1 is 1.53 bits per heavy atom. The smallest absolute Gasteiger partial charge is 0.161 e. The Kier molecular flexibility index (Phi) is 4.62. The van der Waals surface area contributed by atoms with Crippen molar-refractivity contribution in [2.75, 3.05) is 38.6 Å². The van der Waals surface area contributed by atoms with Crippen LogP contribution in [0.25, 0.3) is 0 Å². The Hall–Kier alpha value is -1.31. The zero-order valence-corrected chi connectivity index (χ0v) is 12.2. The first-order valence-electron chi connectivity index (χ1n) is 6.56. The van der Waals surface area contributed by atoms with Gasteiger partial charge in [-0.3, -0.25) is 0 Å². The van der Waals surface area contributed by atoms with Crippen LogP contribution in [0.3, 0.4) is 0 Å². The zero-order chi connectivity index (χ0) is 13.8. The number of aromatic nitrogens is 1. The number of piperidine rings is 1. The predicted octanol–water partition coefficient (Wildman–Crippen LogP) is 2.38. The summed E-state index contributed by atoms with van der Waals surface area (Å²) in [5.41, 5.74) is 0.314. The molecule has 0 saturated carbocycles. The lowest BCUT2D eigenvalue weighted by molar-refractivity contribution is 0.291. The Balaban J connectivity index is 2.11. The van der Waals surface area contributed by atoms with Gasteiger partial charge in [-0.05, 0) is 45.0 Å². The number of rotatable bonds is 3. The van der Waals surface area contributed by atoms with E-state index in [0.29, 0.717) is 16.6 Å². The molecule has 1 aliphatic heterocycles. The fourth-order valence-corrected chi connectivity index (χ4v) is 2.77. The summed E-state index contributed by atoms with van der Waals surface area (Å²) in [4.78, 5) is 8.83. The van der Waals surface area contributed by atoms with Crippen LogP contribution in [0.15, 0.2) is 12.1 Å². The number of nitriles is 1. The molecule has 19 heavy (non-hydrogen) atoms. The Bertz CT molecular complexity index is 481. The minimum Gasteiger partial charge on any atom is -0.356 e. The summed E-state index contributed by atoms with van der Waals surface area (Å²) in [7, 11) is 4.21. The van der Waals surface area contributed by atoms with Crippen LogP contribution in [-0.4, -0.2) is 43.6 Å². The second kappa shape index (κ2) is 6.23. The van der Waals surface area contributed by atoms with Crippen molar-refractivity contribution in [3.05, 3.63) is 22.8 Å². The molecule has 0 amide bonds. The number of halogens is 1.